The van der Waals surface area contributed by atoms with Crippen molar-refractivity contribution in [1.82, 2.24) is 5.32 Å². The van der Waals surface area contributed by atoms with Crippen molar-refractivity contribution in [3.8, 4) is 0 Å². The minimum atomic E-state index is -1.55. The van der Waals surface area contributed by atoms with Gasteiger partial charge in [0.05, 0.1) is 6.61 Å². The number of nitrogens with one attached hydrogen (secondary N) is 1. The molecule has 0 saturated carbocycles. The molecule has 1 saturated heterocycles. The average Bonchev–Trinajstić information content (AvgIpc) is 2.62. The Bertz CT molecular complexity index is 580. The third kappa shape index (κ3) is 5.07. The number of aliphatic hydroxyl groups excluding tert-OH is 4. The minimum Gasteiger partial charge on any atom is -0.394 e. The zero-order chi connectivity index (χ0) is 18.4. The molecule has 0 spiro atoms. The van der Waals surface area contributed by atoms with Crippen molar-refractivity contribution >= 4 is 11.7 Å². The van der Waals surface area contributed by atoms with Crippen molar-refractivity contribution in [3.05, 3.63) is 35.9 Å². The zero-order valence-corrected chi connectivity index (χ0v) is 13.6. The molecule has 1 fully saturated rings. The van der Waals surface area contributed by atoms with Gasteiger partial charge in [-0.1, -0.05) is 30.3 Å². The molecule has 8 heteroatoms. The molecule has 1 heterocycles. The third-order valence-corrected chi connectivity index (χ3v) is 4.13. The van der Waals surface area contributed by atoms with Crippen LogP contribution in [0.1, 0.15) is 29.6 Å². The molecule has 5 N–H and O–H groups in total. The van der Waals surface area contributed by atoms with Crippen LogP contribution in [0.4, 0.5) is 0 Å². The van der Waals surface area contributed by atoms with E-state index in [1.165, 1.54) is 0 Å². The molecule has 0 aliphatic carbocycles. The van der Waals surface area contributed by atoms with Gasteiger partial charge in [-0.2, -0.15) is 0 Å². The van der Waals surface area contributed by atoms with Gasteiger partial charge in [-0.3, -0.25) is 9.59 Å². The summed E-state index contributed by atoms with van der Waals surface area (Å²) in [5.74, 6) is -0.558. The van der Waals surface area contributed by atoms with E-state index in [9.17, 15) is 24.9 Å². The van der Waals surface area contributed by atoms with Crippen molar-refractivity contribution in [2.45, 2.75) is 49.9 Å². The Labute approximate surface area is 145 Å². The topological polar surface area (TPSA) is 136 Å². The van der Waals surface area contributed by atoms with E-state index in [0.29, 0.717) is 12.0 Å². The molecule has 1 aliphatic rings. The number of Topliss-reactive ketones (excluding diaryl/α,β-unsaturated/α-hetero) is 1. The van der Waals surface area contributed by atoms with Crippen LogP contribution in [0.25, 0.3) is 0 Å². The predicted octanol–water partition coefficient (Wildman–Crippen LogP) is -1.04. The fourth-order valence-corrected chi connectivity index (χ4v) is 2.69. The van der Waals surface area contributed by atoms with Crippen LogP contribution >= 0.6 is 0 Å². The van der Waals surface area contributed by atoms with Gasteiger partial charge in [0.25, 0.3) is 0 Å². The van der Waals surface area contributed by atoms with Crippen LogP contribution in [0.15, 0.2) is 30.3 Å². The van der Waals surface area contributed by atoms with Gasteiger partial charge in [0.15, 0.2) is 12.1 Å². The van der Waals surface area contributed by atoms with Gasteiger partial charge >= 0.3 is 0 Å². The fraction of sp³-hybridized carbons (Fsp3) is 0.529. The molecule has 3 unspecified atom stereocenters. The Morgan fingerprint density at radius 3 is 2.36 bits per heavy atom. The van der Waals surface area contributed by atoms with Gasteiger partial charge in [-0.15, -0.1) is 0 Å². The summed E-state index contributed by atoms with van der Waals surface area (Å²) >= 11 is 0. The van der Waals surface area contributed by atoms with Crippen molar-refractivity contribution in [1.29, 1.82) is 0 Å². The Hall–Kier alpha value is -1.84. The lowest BCUT2D eigenvalue weighted by Crippen LogP contribution is -2.64. The first-order valence-corrected chi connectivity index (χ1v) is 8.12. The number of hydrogen-bond acceptors (Lipinski definition) is 7. The van der Waals surface area contributed by atoms with E-state index < -0.39 is 43.2 Å². The lowest BCUT2D eigenvalue weighted by molar-refractivity contribution is -0.253. The van der Waals surface area contributed by atoms with Gasteiger partial charge < -0.3 is 30.5 Å². The molecule has 0 radical (unpaired) electrons. The second kappa shape index (κ2) is 9.02. The number of rotatable bonds is 7. The number of hydrogen-bond donors (Lipinski definition) is 5. The second-order valence-electron chi connectivity index (χ2n) is 5.96. The summed E-state index contributed by atoms with van der Waals surface area (Å²) in [6.45, 7) is -0.572. The summed E-state index contributed by atoms with van der Waals surface area (Å²) in [7, 11) is 0. The maximum atomic E-state index is 11.9. The van der Waals surface area contributed by atoms with Crippen LogP contribution in [0, 0.1) is 0 Å². The maximum Gasteiger partial charge on any atom is 0.220 e. The number of benzene rings is 1. The minimum absolute atomic E-state index is 0.0219. The number of aliphatic hydroxyl groups is 4. The highest BCUT2D eigenvalue weighted by Crippen LogP contribution is 2.20. The molecular weight excluding hydrogens is 330 g/mol. The van der Waals surface area contributed by atoms with E-state index in [2.05, 4.69) is 5.32 Å². The summed E-state index contributed by atoms with van der Waals surface area (Å²) in [5.41, 5.74) is 0.576. The number of ketones is 1. The van der Waals surface area contributed by atoms with E-state index in [1.54, 1.807) is 24.3 Å². The van der Waals surface area contributed by atoms with Gasteiger partial charge in [0, 0.05) is 18.4 Å². The summed E-state index contributed by atoms with van der Waals surface area (Å²) in [5, 5.41) is 40.9. The van der Waals surface area contributed by atoms with Gasteiger partial charge in [-0.05, 0) is 6.42 Å². The summed E-state index contributed by atoms with van der Waals surface area (Å²) < 4.78 is 4.96. The molecule has 25 heavy (non-hydrogen) atoms. The average molecular weight is 353 g/mol. The predicted molar refractivity (Wildman–Crippen MR) is 86.5 cm³/mol. The Balaban J connectivity index is 1.79. The highest BCUT2D eigenvalue weighted by atomic mass is 16.6. The second-order valence-corrected chi connectivity index (χ2v) is 5.96. The summed E-state index contributed by atoms with van der Waals surface area (Å²) in [6, 6.07) is 7.52. The highest BCUT2D eigenvalue weighted by molar-refractivity contribution is 5.96. The lowest BCUT2D eigenvalue weighted by Gasteiger charge is -2.40. The van der Waals surface area contributed by atoms with Crippen molar-refractivity contribution in [2.24, 2.45) is 0 Å². The van der Waals surface area contributed by atoms with E-state index in [1.807, 2.05) is 6.07 Å². The van der Waals surface area contributed by atoms with E-state index in [0.717, 1.165) is 0 Å². The summed E-state index contributed by atoms with van der Waals surface area (Å²) in [6.07, 6.45) is -5.06. The molecule has 1 amide bonds. The number of carbonyl (C=O) groups is 2. The Morgan fingerprint density at radius 1 is 1.04 bits per heavy atom. The lowest BCUT2D eigenvalue weighted by atomic mass is 9.97. The third-order valence-electron chi connectivity index (χ3n) is 4.13. The first-order chi connectivity index (χ1) is 11.9. The van der Waals surface area contributed by atoms with E-state index >= 15 is 0 Å². The summed E-state index contributed by atoms with van der Waals surface area (Å²) in [4.78, 5) is 23.9. The number of amides is 1. The first kappa shape index (κ1) is 19.5. The number of carbonyl (C=O) groups excluding carboxylic acids is 2. The Morgan fingerprint density at radius 2 is 1.72 bits per heavy atom. The van der Waals surface area contributed by atoms with Gasteiger partial charge in [-0.25, -0.2) is 0 Å². The van der Waals surface area contributed by atoms with Crippen LogP contribution in [0.3, 0.4) is 0 Å². The molecule has 1 aromatic carbocycles. The molecule has 0 aromatic heterocycles. The molecule has 0 bridgehead atoms. The van der Waals surface area contributed by atoms with Crippen molar-refractivity contribution in [2.75, 3.05) is 6.61 Å². The first-order valence-electron chi connectivity index (χ1n) is 8.12. The highest BCUT2D eigenvalue weighted by Gasteiger charge is 2.44. The Kier molecular flexibility index (Phi) is 7.03. The van der Waals surface area contributed by atoms with Crippen LogP contribution in [-0.2, 0) is 9.53 Å². The molecule has 2 rings (SSSR count). The molecular formula is C17H23NO7. The quantitative estimate of drug-likeness (QED) is 0.395. The standard InChI is InChI=1S/C17H23NO7/c19-9-12-15(22)16(23)14(17(24)25-12)18-13(21)8-4-7-11(20)10-5-2-1-3-6-10/h1-3,5-6,12,14-17,19,22-24H,4,7-9H2,(H,18,21)/t12-,14?,15?,16-,17?/m1/s1. The van der Waals surface area contributed by atoms with Crippen LogP contribution in [0.5, 0.6) is 0 Å². The van der Waals surface area contributed by atoms with Crippen LogP contribution < -0.4 is 5.32 Å². The largest absolute Gasteiger partial charge is 0.394 e. The number of ether oxygens (including phenoxy) is 1. The maximum absolute atomic E-state index is 11.9. The molecule has 8 nitrogen and oxygen atoms in total. The van der Waals surface area contributed by atoms with Crippen LogP contribution in [-0.4, -0.2) is 69.4 Å². The smallest absolute Gasteiger partial charge is 0.220 e. The molecule has 5 atom stereocenters. The van der Waals surface area contributed by atoms with Crippen molar-refractivity contribution in [3.63, 3.8) is 0 Å². The van der Waals surface area contributed by atoms with E-state index in [-0.39, 0.29) is 18.6 Å². The van der Waals surface area contributed by atoms with Crippen molar-refractivity contribution < 1.29 is 34.8 Å². The molecule has 138 valence electrons. The van der Waals surface area contributed by atoms with Crippen LogP contribution in [0.2, 0.25) is 0 Å². The van der Waals surface area contributed by atoms with E-state index in [4.69, 9.17) is 9.84 Å². The molecule has 1 aliphatic heterocycles. The normalized spacial score (nSPS) is 29.2. The monoisotopic (exact) mass is 353 g/mol. The van der Waals surface area contributed by atoms with Gasteiger partial charge in [0.2, 0.25) is 5.91 Å². The fourth-order valence-electron chi connectivity index (χ4n) is 2.69. The zero-order valence-electron chi connectivity index (χ0n) is 13.6. The SMILES string of the molecule is O=C(CCCC(=O)c1ccccc1)NC1C(O)O[C@H](CO)C(O)[C@@H]1O. The molecule has 1 aromatic rings. The van der Waals surface area contributed by atoms with Gasteiger partial charge in [0.1, 0.15) is 24.4 Å².